The Morgan fingerprint density at radius 1 is 0.333 bits per heavy atom. The number of nitrogens with zero attached hydrogens (tertiary/aromatic N) is 5. The highest BCUT2D eigenvalue weighted by atomic mass is 32.1. The Morgan fingerprint density at radius 2 is 0.841 bits per heavy atom. The van der Waals surface area contributed by atoms with E-state index in [1.165, 1.54) is 58.6 Å². The number of fused-ring (bicyclic) bond motifs is 16. The van der Waals surface area contributed by atoms with Crippen LogP contribution >= 0.6 is 11.3 Å². The van der Waals surface area contributed by atoms with E-state index in [0.717, 1.165) is 54.4 Å². The van der Waals surface area contributed by atoms with Crippen molar-refractivity contribution in [1.82, 2.24) is 24.1 Å². The fourth-order valence-electron chi connectivity index (χ4n) is 10.2. The summed E-state index contributed by atoms with van der Waals surface area (Å²) in [6.07, 6.45) is 0. The van der Waals surface area contributed by atoms with Gasteiger partial charge in [0.15, 0.2) is 11.6 Å². The van der Waals surface area contributed by atoms with Crippen LogP contribution < -0.4 is 0 Å². The Bertz CT molecular complexity index is 4180. The molecule has 6 heteroatoms. The molecule has 0 saturated heterocycles. The van der Waals surface area contributed by atoms with Gasteiger partial charge in [-0.15, -0.1) is 11.3 Å². The van der Waals surface area contributed by atoms with E-state index in [4.69, 9.17) is 15.0 Å². The largest absolute Gasteiger partial charge is 0.307 e. The van der Waals surface area contributed by atoms with Crippen LogP contribution in [0.3, 0.4) is 0 Å². The van der Waals surface area contributed by atoms with Crippen molar-refractivity contribution in [3.8, 4) is 34.4 Å². The molecule has 0 atom stereocenters. The summed E-state index contributed by atoms with van der Waals surface area (Å²) in [7, 11) is 0. The lowest BCUT2D eigenvalue weighted by Crippen LogP contribution is -2.07. The fraction of sp³-hybridized carbons (Fsp3) is 0. The van der Waals surface area contributed by atoms with Crippen LogP contribution in [-0.4, -0.2) is 24.1 Å². The topological polar surface area (TPSA) is 48.5 Å². The highest BCUT2D eigenvalue weighted by Crippen LogP contribution is 2.44. The molecule has 0 saturated carbocycles. The van der Waals surface area contributed by atoms with Gasteiger partial charge in [0.2, 0.25) is 5.95 Å². The standard InChI is InChI=1S/C57H33N5S/c1-2-15-34(16-3-1)55-58-56(47-25-14-24-46-43-23-10-13-28-51(43)63-54(46)47)60-57(59-55)62-50-27-12-9-22-42(50)45-32-31-44-41-21-8-11-26-49(41)61(52(44)53(45)62)35-29-30-40-38-19-5-4-17-36(38)37-18-6-7-20-39(37)48(40)33-35/h1-33H. The van der Waals surface area contributed by atoms with E-state index in [0.29, 0.717) is 17.6 Å². The van der Waals surface area contributed by atoms with Gasteiger partial charge in [0.25, 0.3) is 0 Å². The van der Waals surface area contributed by atoms with Gasteiger partial charge in [0, 0.05) is 58.5 Å². The fourth-order valence-corrected chi connectivity index (χ4v) is 11.4. The summed E-state index contributed by atoms with van der Waals surface area (Å²) in [5, 5.41) is 14.6. The van der Waals surface area contributed by atoms with Gasteiger partial charge >= 0.3 is 0 Å². The first-order valence-corrected chi connectivity index (χ1v) is 22.1. The molecule has 0 aliphatic carbocycles. The maximum Gasteiger partial charge on any atom is 0.238 e. The van der Waals surface area contributed by atoms with Crippen LogP contribution in [0.15, 0.2) is 200 Å². The summed E-state index contributed by atoms with van der Waals surface area (Å²) in [6, 6.07) is 72.0. The van der Waals surface area contributed by atoms with Crippen LogP contribution in [0, 0.1) is 0 Å². The maximum absolute atomic E-state index is 5.50. The quantitative estimate of drug-likeness (QED) is 0.166. The maximum atomic E-state index is 5.50. The molecule has 0 amide bonds. The van der Waals surface area contributed by atoms with Crippen LogP contribution in [-0.2, 0) is 0 Å². The SMILES string of the molecule is c1ccc(-c2nc(-c3cccc4c3sc3ccccc34)nc(-n3c4ccccc4c4ccc5c6ccccc6n(-c6ccc7c8ccccc8c8ccccc8c7c6)c5c43)n2)cc1. The minimum atomic E-state index is 0.573. The molecule has 0 fully saturated rings. The molecule has 10 aromatic carbocycles. The second kappa shape index (κ2) is 13.2. The molecule has 14 aromatic rings. The van der Waals surface area contributed by atoms with Gasteiger partial charge in [-0.1, -0.05) is 164 Å². The summed E-state index contributed by atoms with van der Waals surface area (Å²) in [6.45, 7) is 0. The zero-order valence-electron chi connectivity index (χ0n) is 33.7. The van der Waals surface area contributed by atoms with E-state index in [1.807, 2.05) is 18.2 Å². The van der Waals surface area contributed by atoms with Crippen molar-refractivity contribution in [3.05, 3.63) is 200 Å². The van der Waals surface area contributed by atoms with Crippen LogP contribution in [0.1, 0.15) is 0 Å². The number of thiophene rings is 1. The van der Waals surface area contributed by atoms with Crippen LogP contribution in [0.4, 0.5) is 0 Å². The van der Waals surface area contributed by atoms with Crippen molar-refractivity contribution in [2.24, 2.45) is 0 Å². The molecule has 0 radical (unpaired) electrons. The van der Waals surface area contributed by atoms with Crippen LogP contribution in [0.25, 0.3) is 131 Å². The molecule has 5 nitrogen and oxygen atoms in total. The molecule has 4 heterocycles. The number of rotatable bonds is 4. The lowest BCUT2D eigenvalue weighted by atomic mass is 9.94. The van der Waals surface area contributed by atoms with E-state index in [1.54, 1.807) is 11.3 Å². The monoisotopic (exact) mass is 819 g/mol. The molecule has 0 unspecified atom stereocenters. The molecule has 0 aliphatic rings. The Morgan fingerprint density at radius 3 is 1.54 bits per heavy atom. The van der Waals surface area contributed by atoms with E-state index in [-0.39, 0.29) is 0 Å². The van der Waals surface area contributed by atoms with E-state index in [9.17, 15) is 0 Å². The summed E-state index contributed by atoms with van der Waals surface area (Å²) in [4.78, 5) is 16.2. The van der Waals surface area contributed by atoms with Gasteiger partial charge in [-0.05, 0) is 68.7 Å². The first kappa shape index (κ1) is 34.5. The Kier molecular flexibility index (Phi) is 7.21. The molecule has 63 heavy (non-hydrogen) atoms. The van der Waals surface area contributed by atoms with Crippen molar-refractivity contribution < 1.29 is 0 Å². The summed E-state index contributed by atoms with van der Waals surface area (Å²) < 4.78 is 7.15. The molecular weight excluding hydrogens is 787 g/mol. The second-order valence-corrected chi connectivity index (χ2v) is 17.4. The summed E-state index contributed by atoms with van der Waals surface area (Å²) >= 11 is 1.79. The molecule has 4 aromatic heterocycles. The third-order valence-electron chi connectivity index (χ3n) is 13.0. The van der Waals surface area contributed by atoms with Gasteiger partial charge in [-0.25, -0.2) is 4.98 Å². The number of benzene rings is 10. The minimum absolute atomic E-state index is 0.573. The molecule has 0 spiro atoms. The summed E-state index contributed by atoms with van der Waals surface area (Å²) in [5.74, 6) is 1.84. The summed E-state index contributed by atoms with van der Waals surface area (Å²) in [5.41, 5.74) is 7.33. The van der Waals surface area contributed by atoms with Gasteiger partial charge < -0.3 is 4.57 Å². The number of hydrogen-bond acceptors (Lipinski definition) is 4. The number of aromatic nitrogens is 5. The smallest absolute Gasteiger partial charge is 0.238 e. The lowest BCUT2D eigenvalue weighted by Gasteiger charge is -2.15. The van der Waals surface area contributed by atoms with E-state index < -0.39 is 0 Å². The van der Waals surface area contributed by atoms with Gasteiger partial charge in [-0.2, -0.15) is 9.97 Å². The van der Waals surface area contributed by atoms with E-state index in [2.05, 4.69) is 191 Å². The zero-order valence-corrected chi connectivity index (χ0v) is 34.5. The van der Waals surface area contributed by atoms with Crippen molar-refractivity contribution >= 4 is 107 Å². The van der Waals surface area contributed by atoms with Crippen LogP contribution in [0.2, 0.25) is 0 Å². The molecule has 0 bridgehead atoms. The van der Waals surface area contributed by atoms with Gasteiger partial charge in [-0.3, -0.25) is 4.57 Å². The zero-order chi connectivity index (χ0) is 41.2. The van der Waals surface area contributed by atoms with Crippen molar-refractivity contribution in [3.63, 3.8) is 0 Å². The lowest BCUT2D eigenvalue weighted by molar-refractivity contribution is 0.954. The Hall–Kier alpha value is -8.19. The third-order valence-corrected chi connectivity index (χ3v) is 14.2. The van der Waals surface area contributed by atoms with Gasteiger partial charge in [0.05, 0.1) is 22.1 Å². The first-order valence-electron chi connectivity index (χ1n) is 21.3. The molecular formula is C57H33N5S. The minimum Gasteiger partial charge on any atom is -0.307 e. The highest BCUT2D eigenvalue weighted by molar-refractivity contribution is 7.26. The normalized spacial score (nSPS) is 12.1. The van der Waals surface area contributed by atoms with Crippen molar-refractivity contribution in [2.75, 3.05) is 0 Å². The van der Waals surface area contributed by atoms with Crippen molar-refractivity contribution in [2.45, 2.75) is 0 Å². The number of hydrogen-bond donors (Lipinski definition) is 0. The average Bonchev–Trinajstić information content (AvgIpc) is 4.02. The highest BCUT2D eigenvalue weighted by Gasteiger charge is 2.24. The van der Waals surface area contributed by atoms with Crippen molar-refractivity contribution in [1.29, 1.82) is 0 Å². The predicted octanol–water partition coefficient (Wildman–Crippen LogP) is 15.2. The van der Waals surface area contributed by atoms with E-state index >= 15 is 0 Å². The number of para-hydroxylation sites is 2. The third kappa shape index (κ3) is 4.95. The second-order valence-electron chi connectivity index (χ2n) is 16.3. The Labute approximate surface area is 364 Å². The average molecular weight is 820 g/mol. The van der Waals surface area contributed by atoms with Crippen LogP contribution in [0.5, 0.6) is 0 Å². The predicted molar refractivity (Wildman–Crippen MR) is 265 cm³/mol. The van der Waals surface area contributed by atoms with Gasteiger partial charge in [0.1, 0.15) is 0 Å². The molecule has 0 N–H and O–H groups in total. The first-order chi connectivity index (χ1) is 31.3. The molecule has 292 valence electrons. The molecule has 14 rings (SSSR count). The molecule has 0 aliphatic heterocycles. The Balaban J connectivity index is 1.12.